The number of hydrogen-bond acceptors (Lipinski definition) is 6. The van der Waals surface area contributed by atoms with Crippen LogP contribution in [0.15, 0.2) is 33.9 Å². The van der Waals surface area contributed by atoms with Crippen LogP contribution in [0.4, 0.5) is 0 Å². The van der Waals surface area contributed by atoms with Gasteiger partial charge in [0, 0.05) is 25.1 Å². The third-order valence-electron chi connectivity index (χ3n) is 2.74. The molecule has 0 aliphatic heterocycles. The predicted octanol–water partition coefficient (Wildman–Crippen LogP) is 1.15. The molecule has 0 saturated heterocycles. The highest BCUT2D eigenvalue weighted by molar-refractivity contribution is 7.98. The Hall–Kier alpha value is -2.35. The zero-order valence-corrected chi connectivity index (χ0v) is 13.1. The fourth-order valence-corrected chi connectivity index (χ4v) is 2.52. The third-order valence-corrected chi connectivity index (χ3v) is 3.78. The van der Waals surface area contributed by atoms with Gasteiger partial charge in [0.1, 0.15) is 10.8 Å². The normalized spacial score (nSPS) is 10.3. The van der Waals surface area contributed by atoms with Crippen LogP contribution >= 0.6 is 11.8 Å². The number of carbonyl (C=O) groups is 2. The molecule has 0 fully saturated rings. The molecule has 2 aromatic rings. The lowest BCUT2D eigenvalue weighted by atomic mass is 10.2. The molecule has 0 aliphatic rings. The smallest absolute Gasteiger partial charge is 0.254 e. The molecule has 7 nitrogen and oxygen atoms in total. The molecule has 116 valence electrons. The van der Waals surface area contributed by atoms with Crippen molar-refractivity contribution < 1.29 is 14.1 Å². The van der Waals surface area contributed by atoms with Gasteiger partial charge in [-0.3, -0.25) is 9.59 Å². The van der Waals surface area contributed by atoms with Crippen LogP contribution in [0, 0.1) is 6.92 Å². The Morgan fingerprint density at radius 2 is 2.23 bits per heavy atom. The van der Waals surface area contributed by atoms with Crippen LogP contribution in [0.1, 0.15) is 21.8 Å². The van der Waals surface area contributed by atoms with E-state index < -0.39 is 0 Å². The molecule has 2 amide bonds. The highest BCUT2D eigenvalue weighted by Crippen LogP contribution is 2.23. The van der Waals surface area contributed by atoms with Crippen molar-refractivity contribution in [2.45, 2.75) is 17.7 Å². The Kier molecular flexibility index (Phi) is 5.54. The fourth-order valence-electron chi connectivity index (χ4n) is 1.65. The Morgan fingerprint density at radius 1 is 1.41 bits per heavy atom. The van der Waals surface area contributed by atoms with E-state index in [-0.39, 0.29) is 18.4 Å². The minimum absolute atomic E-state index is 0.0726. The van der Waals surface area contributed by atoms with Gasteiger partial charge in [-0.25, -0.2) is 4.98 Å². The van der Waals surface area contributed by atoms with E-state index in [1.807, 2.05) is 13.0 Å². The summed E-state index contributed by atoms with van der Waals surface area (Å²) in [7, 11) is 1.51. The summed E-state index contributed by atoms with van der Waals surface area (Å²) in [4.78, 5) is 27.5. The lowest BCUT2D eigenvalue weighted by Crippen LogP contribution is -2.35. The number of carbonyl (C=O) groups excluding carboxylic acids is 2. The lowest BCUT2D eigenvalue weighted by molar-refractivity contribution is -0.119. The summed E-state index contributed by atoms with van der Waals surface area (Å²) in [6.07, 6.45) is 1.62. The van der Waals surface area contributed by atoms with E-state index in [1.165, 1.54) is 18.8 Å². The molecule has 0 aromatic carbocycles. The van der Waals surface area contributed by atoms with E-state index in [9.17, 15) is 9.59 Å². The molecule has 0 radical (unpaired) electrons. The standard InChI is InChI=1S/C14H16N4O3S/c1-9-6-10(18-21-9)8-22-14-11(4-3-5-16-14)13(20)17-7-12(19)15-2/h3-6H,7-8H2,1-2H3,(H,15,19)(H,17,20). The van der Waals surface area contributed by atoms with E-state index in [4.69, 9.17) is 4.52 Å². The molecule has 8 heteroatoms. The SMILES string of the molecule is CNC(=O)CNC(=O)c1cccnc1SCc1cc(C)on1. The molecule has 2 N–H and O–H groups in total. The summed E-state index contributed by atoms with van der Waals surface area (Å²) < 4.78 is 5.00. The van der Waals surface area contributed by atoms with Crippen molar-refractivity contribution in [1.29, 1.82) is 0 Å². The minimum Gasteiger partial charge on any atom is -0.361 e. The topological polar surface area (TPSA) is 97.1 Å². The van der Waals surface area contributed by atoms with Gasteiger partial charge in [-0.05, 0) is 19.1 Å². The molecule has 0 aliphatic carbocycles. The number of pyridine rings is 1. The van der Waals surface area contributed by atoms with E-state index in [1.54, 1.807) is 18.3 Å². The quantitative estimate of drug-likeness (QED) is 0.775. The van der Waals surface area contributed by atoms with Gasteiger partial charge < -0.3 is 15.2 Å². The summed E-state index contributed by atoms with van der Waals surface area (Å²) in [5, 5.41) is 9.48. The van der Waals surface area contributed by atoms with Crippen LogP contribution in [0.3, 0.4) is 0 Å². The zero-order chi connectivity index (χ0) is 15.9. The average Bonchev–Trinajstić information content (AvgIpc) is 2.96. The van der Waals surface area contributed by atoms with Crippen LogP contribution in [0.2, 0.25) is 0 Å². The average molecular weight is 320 g/mol. The second kappa shape index (κ2) is 7.60. The molecule has 0 atom stereocenters. The molecule has 0 bridgehead atoms. The van der Waals surface area contributed by atoms with Crippen molar-refractivity contribution in [3.8, 4) is 0 Å². The number of nitrogens with zero attached hydrogens (tertiary/aromatic N) is 2. The maximum atomic E-state index is 12.1. The number of likely N-dealkylation sites (N-methyl/N-ethyl adjacent to an activating group) is 1. The first-order valence-corrected chi connectivity index (χ1v) is 7.57. The van der Waals surface area contributed by atoms with Gasteiger partial charge in [-0.15, -0.1) is 0 Å². The van der Waals surface area contributed by atoms with Gasteiger partial charge in [0.05, 0.1) is 17.8 Å². The molecule has 2 heterocycles. The van der Waals surface area contributed by atoms with E-state index in [2.05, 4.69) is 20.8 Å². The van der Waals surface area contributed by atoms with Gasteiger partial charge in [0.25, 0.3) is 5.91 Å². The van der Waals surface area contributed by atoms with Crippen molar-refractivity contribution in [3.05, 3.63) is 41.4 Å². The van der Waals surface area contributed by atoms with Gasteiger partial charge in [-0.2, -0.15) is 0 Å². The lowest BCUT2D eigenvalue weighted by Gasteiger charge is -2.08. The molecule has 0 unspecified atom stereocenters. The zero-order valence-electron chi connectivity index (χ0n) is 12.3. The van der Waals surface area contributed by atoms with Crippen molar-refractivity contribution in [1.82, 2.24) is 20.8 Å². The molecule has 22 heavy (non-hydrogen) atoms. The summed E-state index contributed by atoms with van der Waals surface area (Å²) in [6, 6.07) is 5.18. The summed E-state index contributed by atoms with van der Waals surface area (Å²) in [5.74, 6) is 0.685. The minimum atomic E-state index is -0.337. The monoisotopic (exact) mass is 320 g/mol. The van der Waals surface area contributed by atoms with Crippen LogP contribution in [-0.4, -0.2) is 35.5 Å². The Labute approximate surface area is 131 Å². The van der Waals surface area contributed by atoms with E-state index in [0.29, 0.717) is 16.3 Å². The maximum Gasteiger partial charge on any atom is 0.254 e. The first kappa shape index (κ1) is 16.0. The van der Waals surface area contributed by atoms with Crippen LogP contribution in [0.5, 0.6) is 0 Å². The summed E-state index contributed by atoms with van der Waals surface area (Å²) >= 11 is 1.39. The Morgan fingerprint density at radius 3 is 2.91 bits per heavy atom. The van der Waals surface area contributed by atoms with Crippen LogP contribution in [0.25, 0.3) is 0 Å². The van der Waals surface area contributed by atoms with Gasteiger partial charge in [0.2, 0.25) is 5.91 Å². The highest BCUT2D eigenvalue weighted by Gasteiger charge is 2.14. The van der Waals surface area contributed by atoms with Crippen molar-refractivity contribution >= 4 is 23.6 Å². The third kappa shape index (κ3) is 4.32. The van der Waals surface area contributed by atoms with Crippen LogP contribution < -0.4 is 10.6 Å². The summed E-state index contributed by atoms with van der Waals surface area (Å²) in [6.45, 7) is 1.75. The van der Waals surface area contributed by atoms with Gasteiger partial charge >= 0.3 is 0 Å². The number of nitrogens with one attached hydrogen (secondary N) is 2. The number of rotatable bonds is 6. The van der Waals surface area contributed by atoms with Crippen molar-refractivity contribution in [3.63, 3.8) is 0 Å². The molecule has 0 spiro atoms. The van der Waals surface area contributed by atoms with Crippen LogP contribution in [-0.2, 0) is 10.5 Å². The second-order valence-corrected chi connectivity index (χ2v) is 5.39. The second-order valence-electron chi connectivity index (χ2n) is 4.43. The number of aromatic nitrogens is 2. The van der Waals surface area contributed by atoms with Gasteiger partial charge in [0.15, 0.2) is 0 Å². The number of hydrogen-bond donors (Lipinski definition) is 2. The Balaban J connectivity index is 2.02. The molecule has 2 aromatic heterocycles. The highest BCUT2D eigenvalue weighted by atomic mass is 32.2. The fraction of sp³-hybridized carbons (Fsp3) is 0.286. The first-order valence-electron chi connectivity index (χ1n) is 6.59. The summed E-state index contributed by atoms with van der Waals surface area (Å²) in [5.41, 5.74) is 1.21. The Bertz CT molecular complexity index is 672. The molecule has 0 saturated carbocycles. The largest absolute Gasteiger partial charge is 0.361 e. The van der Waals surface area contributed by atoms with Gasteiger partial charge in [-0.1, -0.05) is 16.9 Å². The van der Waals surface area contributed by atoms with Crippen molar-refractivity contribution in [2.75, 3.05) is 13.6 Å². The van der Waals surface area contributed by atoms with E-state index in [0.717, 1.165) is 11.5 Å². The molecular weight excluding hydrogens is 304 g/mol. The molecule has 2 rings (SSSR count). The maximum absolute atomic E-state index is 12.1. The first-order chi connectivity index (χ1) is 10.6. The number of aryl methyl sites for hydroxylation is 1. The number of thioether (sulfide) groups is 1. The number of amides is 2. The molecular formula is C14H16N4O3S. The van der Waals surface area contributed by atoms with E-state index >= 15 is 0 Å². The van der Waals surface area contributed by atoms with Crippen molar-refractivity contribution in [2.24, 2.45) is 0 Å². The predicted molar refractivity (Wildman–Crippen MR) is 81.4 cm³/mol.